The monoisotopic (exact) mass is 184 g/mol. The molecule has 0 saturated heterocycles. The smallest absolute Gasteiger partial charge is 0.185 e. The summed E-state index contributed by atoms with van der Waals surface area (Å²) in [6.45, 7) is 12.7. The predicted octanol–water partition coefficient (Wildman–Crippen LogP) is 3.03. The Morgan fingerprint density at radius 2 is 1.75 bits per heavy atom. The van der Waals surface area contributed by atoms with E-state index in [1.807, 2.05) is 13.8 Å². The molecule has 0 radical (unpaired) electrons. The number of hydrogen-bond donors (Lipinski definition) is 0. The average molecular weight is 184 g/mol. The van der Waals surface area contributed by atoms with Crippen molar-refractivity contribution in [3.05, 3.63) is 0 Å². The first-order valence-corrected chi connectivity index (χ1v) is 7.88. The van der Waals surface area contributed by atoms with Crippen LogP contribution in [0.5, 0.6) is 0 Å². The van der Waals surface area contributed by atoms with E-state index in [4.69, 9.17) is 4.43 Å². The Kier molecular flexibility index (Phi) is 4.02. The zero-order valence-electron chi connectivity index (χ0n) is 9.12. The van der Waals surface area contributed by atoms with E-state index in [0.29, 0.717) is 0 Å². The Balaban J connectivity index is 4.23. The summed E-state index contributed by atoms with van der Waals surface area (Å²) >= 11 is 0. The van der Waals surface area contributed by atoms with Gasteiger partial charge in [-0.3, -0.25) is 0 Å². The van der Waals surface area contributed by atoms with Crippen LogP contribution >= 0.6 is 0 Å². The summed E-state index contributed by atoms with van der Waals surface area (Å²) in [4.78, 5) is 0. The molecule has 0 bridgehead atoms. The fourth-order valence-corrected chi connectivity index (χ4v) is 2.67. The van der Waals surface area contributed by atoms with Gasteiger partial charge < -0.3 is 4.43 Å². The molecule has 0 aromatic carbocycles. The lowest BCUT2D eigenvalue weighted by Crippen LogP contribution is -2.37. The fourth-order valence-electron chi connectivity index (χ4n) is 1.09. The molecule has 0 aromatic rings. The standard InChI is InChI=1S/C10H20OSi/c1-7-8-9-10(2,3)11-12(4,5)6/h7H2,1-6H3. The van der Waals surface area contributed by atoms with Gasteiger partial charge in [0.25, 0.3) is 0 Å². The van der Waals surface area contributed by atoms with Crippen molar-refractivity contribution in [1.82, 2.24) is 0 Å². The van der Waals surface area contributed by atoms with Crippen LogP contribution in [0.2, 0.25) is 19.6 Å². The second kappa shape index (κ2) is 4.11. The summed E-state index contributed by atoms with van der Waals surface area (Å²) < 4.78 is 5.89. The molecule has 0 atom stereocenters. The summed E-state index contributed by atoms with van der Waals surface area (Å²) in [5, 5.41) is 0. The molecular formula is C10H20OSi. The van der Waals surface area contributed by atoms with Gasteiger partial charge >= 0.3 is 0 Å². The molecule has 1 nitrogen and oxygen atoms in total. The van der Waals surface area contributed by atoms with Crippen LogP contribution in [0, 0.1) is 11.8 Å². The Morgan fingerprint density at radius 3 is 2.08 bits per heavy atom. The average Bonchev–Trinajstić information content (AvgIpc) is 1.78. The van der Waals surface area contributed by atoms with Gasteiger partial charge in [0, 0.05) is 6.42 Å². The van der Waals surface area contributed by atoms with Crippen LogP contribution in [0.1, 0.15) is 27.2 Å². The highest BCUT2D eigenvalue weighted by molar-refractivity contribution is 6.69. The van der Waals surface area contributed by atoms with Gasteiger partial charge in [-0.25, -0.2) is 0 Å². The first-order valence-electron chi connectivity index (χ1n) is 4.47. The molecule has 0 amide bonds. The molecular weight excluding hydrogens is 164 g/mol. The quantitative estimate of drug-likeness (QED) is 0.473. The maximum Gasteiger partial charge on any atom is 0.185 e. The van der Waals surface area contributed by atoms with E-state index in [0.717, 1.165) is 6.42 Å². The third kappa shape index (κ3) is 6.45. The Labute approximate surface area is 77.6 Å². The molecule has 0 heterocycles. The van der Waals surface area contributed by atoms with Crippen LogP contribution in [0.15, 0.2) is 0 Å². The molecule has 0 aliphatic heterocycles. The minimum atomic E-state index is -1.45. The molecule has 0 saturated carbocycles. The van der Waals surface area contributed by atoms with Gasteiger partial charge in [-0.2, -0.15) is 0 Å². The van der Waals surface area contributed by atoms with Gasteiger partial charge in [0.15, 0.2) is 8.32 Å². The van der Waals surface area contributed by atoms with Crippen LogP contribution < -0.4 is 0 Å². The minimum Gasteiger partial charge on any atom is -0.402 e. The molecule has 12 heavy (non-hydrogen) atoms. The highest BCUT2D eigenvalue weighted by Gasteiger charge is 2.24. The summed E-state index contributed by atoms with van der Waals surface area (Å²) in [6.07, 6.45) is 0.901. The molecule has 0 fully saturated rings. The Bertz CT molecular complexity index is 190. The molecule has 0 aliphatic rings. The summed E-state index contributed by atoms with van der Waals surface area (Å²) in [7, 11) is -1.45. The van der Waals surface area contributed by atoms with Crippen molar-refractivity contribution in [3.8, 4) is 11.8 Å². The van der Waals surface area contributed by atoms with Gasteiger partial charge in [0.1, 0.15) is 5.60 Å². The SMILES string of the molecule is CCC#CC(C)(C)O[Si](C)(C)C. The summed E-state index contributed by atoms with van der Waals surface area (Å²) in [5.41, 5.74) is -0.263. The van der Waals surface area contributed by atoms with Gasteiger partial charge in [-0.1, -0.05) is 12.8 Å². The maximum atomic E-state index is 5.89. The van der Waals surface area contributed by atoms with Crippen molar-refractivity contribution in [3.63, 3.8) is 0 Å². The topological polar surface area (TPSA) is 9.23 Å². The molecule has 0 aliphatic carbocycles. The predicted molar refractivity (Wildman–Crippen MR) is 56.6 cm³/mol. The molecule has 0 aromatic heterocycles. The van der Waals surface area contributed by atoms with E-state index < -0.39 is 8.32 Å². The number of rotatable bonds is 2. The van der Waals surface area contributed by atoms with Gasteiger partial charge in [0.05, 0.1) is 0 Å². The van der Waals surface area contributed by atoms with Crippen molar-refractivity contribution >= 4 is 8.32 Å². The second-order valence-corrected chi connectivity index (χ2v) is 8.81. The van der Waals surface area contributed by atoms with Gasteiger partial charge in [-0.15, -0.1) is 5.92 Å². The maximum absolute atomic E-state index is 5.89. The lowest BCUT2D eigenvalue weighted by molar-refractivity contribution is 0.164. The van der Waals surface area contributed by atoms with Crippen molar-refractivity contribution in [1.29, 1.82) is 0 Å². The van der Waals surface area contributed by atoms with Crippen LogP contribution in [-0.4, -0.2) is 13.9 Å². The normalized spacial score (nSPS) is 12.2. The lowest BCUT2D eigenvalue weighted by Gasteiger charge is -2.28. The second-order valence-electron chi connectivity index (χ2n) is 4.38. The molecule has 70 valence electrons. The molecule has 0 unspecified atom stereocenters. The van der Waals surface area contributed by atoms with Crippen LogP contribution in [0.3, 0.4) is 0 Å². The summed E-state index contributed by atoms with van der Waals surface area (Å²) in [6, 6.07) is 0. The van der Waals surface area contributed by atoms with Crippen molar-refractivity contribution in [2.75, 3.05) is 0 Å². The fraction of sp³-hybridized carbons (Fsp3) is 0.800. The van der Waals surface area contributed by atoms with Crippen LogP contribution in [-0.2, 0) is 4.43 Å². The first-order chi connectivity index (χ1) is 5.27. The summed E-state index contributed by atoms with van der Waals surface area (Å²) in [5.74, 6) is 6.19. The van der Waals surface area contributed by atoms with Crippen molar-refractivity contribution in [2.24, 2.45) is 0 Å². The highest BCUT2D eigenvalue weighted by Crippen LogP contribution is 2.15. The van der Waals surface area contributed by atoms with E-state index in [-0.39, 0.29) is 5.60 Å². The minimum absolute atomic E-state index is 0.263. The van der Waals surface area contributed by atoms with Crippen molar-refractivity contribution < 1.29 is 4.43 Å². The van der Waals surface area contributed by atoms with Crippen LogP contribution in [0.4, 0.5) is 0 Å². The Morgan fingerprint density at radius 1 is 1.25 bits per heavy atom. The molecule has 0 spiro atoms. The van der Waals surface area contributed by atoms with E-state index in [1.165, 1.54) is 0 Å². The van der Waals surface area contributed by atoms with Crippen molar-refractivity contribution in [2.45, 2.75) is 52.4 Å². The van der Waals surface area contributed by atoms with Crippen LogP contribution in [0.25, 0.3) is 0 Å². The third-order valence-electron chi connectivity index (χ3n) is 1.13. The van der Waals surface area contributed by atoms with E-state index in [1.54, 1.807) is 0 Å². The largest absolute Gasteiger partial charge is 0.402 e. The zero-order valence-corrected chi connectivity index (χ0v) is 10.1. The Hall–Kier alpha value is -0.263. The molecule has 0 rings (SSSR count). The highest BCUT2D eigenvalue weighted by atomic mass is 28.4. The van der Waals surface area contributed by atoms with E-state index >= 15 is 0 Å². The lowest BCUT2D eigenvalue weighted by atomic mass is 10.1. The molecule has 0 N–H and O–H groups in total. The van der Waals surface area contributed by atoms with E-state index in [9.17, 15) is 0 Å². The first kappa shape index (κ1) is 11.7. The molecule has 2 heteroatoms. The number of hydrogen-bond acceptors (Lipinski definition) is 1. The van der Waals surface area contributed by atoms with Gasteiger partial charge in [0.2, 0.25) is 0 Å². The zero-order chi connectivity index (χ0) is 9.83. The third-order valence-corrected chi connectivity index (χ3v) is 2.25. The van der Waals surface area contributed by atoms with E-state index in [2.05, 4.69) is 38.4 Å². The van der Waals surface area contributed by atoms with Gasteiger partial charge in [-0.05, 0) is 33.5 Å².